The van der Waals surface area contributed by atoms with Crippen LogP contribution in [0.25, 0.3) is 0 Å². The molecule has 0 saturated heterocycles. The lowest BCUT2D eigenvalue weighted by Crippen LogP contribution is -2.44. The van der Waals surface area contributed by atoms with E-state index >= 15 is 0 Å². The Morgan fingerprint density at radius 3 is 2.29 bits per heavy atom. The third kappa shape index (κ3) is 2.08. The third-order valence-electron chi connectivity index (χ3n) is 7.38. The molecule has 3 unspecified atom stereocenters. The average Bonchev–Trinajstić information content (AvgIpc) is 3.26. The van der Waals surface area contributed by atoms with E-state index in [2.05, 4.69) is 50.4 Å². The molecule has 3 atom stereocenters. The Balaban J connectivity index is 1.41. The second-order valence-electron chi connectivity index (χ2n) is 8.56. The highest BCUT2D eigenvalue weighted by atomic mass is 15.0. The van der Waals surface area contributed by atoms with Crippen molar-refractivity contribution in [1.29, 1.82) is 0 Å². The molecule has 3 saturated carbocycles. The molecule has 2 bridgehead atoms. The monoisotopic (exact) mass is 283 g/mol. The summed E-state index contributed by atoms with van der Waals surface area (Å²) >= 11 is 0. The normalized spacial score (nSPS) is 37.1. The van der Waals surface area contributed by atoms with Crippen LogP contribution in [0.3, 0.4) is 0 Å². The second kappa shape index (κ2) is 4.59. The van der Waals surface area contributed by atoms with E-state index < -0.39 is 0 Å². The molecule has 114 valence electrons. The van der Waals surface area contributed by atoms with Crippen molar-refractivity contribution in [2.24, 2.45) is 16.7 Å². The molecule has 3 aliphatic rings. The van der Waals surface area contributed by atoms with Gasteiger partial charge in [-0.15, -0.1) is 0 Å². The maximum Gasteiger partial charge on any atom is 0.0208 e. The molecule has 3 aliphatic carbocycles. The lowest BCUT2D eigenvalue weighted by atomic mass is 9.69. The van der Waals surface area contributed by atoms with E-state index in [4.69, 9.17) is 0 Å². The Morgan fingerprint density at radius 1 is 1.05 bits per heavy atom. The van der Waals surface area contributed by atoms with Crippen LogP contribution in [0.4, 0.5) is 0 Å². The Morgan fingerprint density at radius 2 is 1.76 bits per heavy atom. The van der Waals surface area contributed by atoms with Crippen molar-refractivity contribution in [1.82, 2.24) is 5.32 Å². The minimum atomic E-state index is 0.492. The summed E-state index contributed by atoms with van der Waals surface area (Å²) < 4.78 is 0. The number of hydrogen-bond acceptors (Lipinski definition) is 1. The van der Waals surface area contributed by atoms with Gasteiger partial charge in [-0.2, -0.15) is 0 Å². The van der Waals surface area contributed by atoms with E-state index in [1.54, 1.807) is 5.56 Å². The van der Waals surface area contributed by atoms with Crippen LogP contribution >= 0.6 is 0 Å². The zero-order valence-electron chi connectivity index (χ0n) is 13.8. The lowest BCUT2D eigenvalue weighted by Gasteiger charge is -2.39. The van der Waals surface area contributed by atoms with E-state index in [0.29, 0.717) is 16.9 Å². The van der Waals surface area contributed by atoms with Gasteiger partial charge < -0.3 is 5.32 Å². The molecule has 0 spiro atoms. The molecule has 1 aromatic rings. The SMILES string of the molecule is CC1(C)C2CCC1(C)C(NCc1ccc(C3CC3)cc1)C2. The Bertz CT molecular complexity index is 525. The van der Waals surface area contributed by atoms with Crippen molar-refractivity contribution in [3.8, 4) is 0 Å². The fourth-order valence-corrected chi connectivity index (χ4v) is 5.08. The Labute approximate surface area is 129 Å². The summed E-state index contributed by atoms with van der Waals surface area (Å²) in [5.74, 6) is 1.80. The first-order valence-corrected chi connectivity index (χ1v) is 8.83. The van der Waals surface area contributed by atoms with Gasteiger partial charge in [0.1, 0.15) is 0 Å². The van der Waals surface area contributed by atoms with Crippen LogP contribution in [0, 0.1) is 16.7 Å². The maximum absolute atomic E-state index is 3.89. The Kier molecular flexibility index (Phi) is 3.02. The minimum absolute atomic E-state index is 0.492. The van der Waals surface area contributed by atoms with Crippen LogP contribution in [0.15, 0.2) is 24.3 Å². The standard InChI is InChI=1S/C20H29N/c1-19(2)17-10-11-20(19,3)18(12-17)21-13-14-4-6-15(7-5-14)16-8-9-16/h4-7,16-18,21H,8-13H2,1-3H3. The van der Waals surface area contributed by atoms with Crippen molar-refractivity contribution in [2.45, 2.75) is 71.4 Å². The topological polar surface area (TPSA) is 12.0 Å². The number of nitrogens with one attached hydrogen (secondary N) is 1. The van der Waals surface area contributed by atoms with Crippen molar-refractivity contribution in [3.05, 3.63) is 35.4 Å². The quantitative estimate of drug-likeness (QED) is 0.831. The van der Waals surface area contributed by atoms with Crippen LogP contribution < -0.4 is 5.32 Å². The van der Waals surface area contributed by atoms with Crippen molar-refractivity contribution >= 4 is 0 Å². The van der Waals surface area contributed by atoms with E-state index in [1.807, 2.05) is 0 Å². The summed E-state index contributed by atoms with van der Waals surface area (Å²) in [7, 11) is 0. The first-order valence-electron chi connectivity index (χ1n) is 8.83. The molecular formula is C20H29N. The predicted molar refractivity (Wildman–Crippen MR) is 88.3 cm³/mol. The largest absolute Gasteiger partial charge is 0.309 e. The predicted octanol–water partition coefficient (Wildman–Crippen LogP) is 4.87. The number of hydrogen-bond donors (Lipinski definition) is 1. The minimum Gasteiger partial charge on any atom is -0.309 e. The van der Waals surface area contributed by atoms with Crippen LogP contribution in [0.1, 0.15) is 69.9 Å². The number of rotatable bonds is 4. The van der Waals surface area contributed by atoms with Gasteiger partial charge in [-0.1, -0.05) is 45.0 Å². The van der Waals surface area contributed by atoms with Crippen molar-refractivity contribution in [3.63, 3.8) is 0 Å². The van der Waals surface area contributed by atoms with Crippen LogP contribution in [0.5, 0.6) is 0 Å². The first-order chi connectivity index (χ1) is 10.0. The maximum atomic E-state index is 3.89. The molecule has 1 nitrogen and oxygen atoms in total. The van der Waals surface area contributed by atoms with Gasteiger partial charge in [0.2, 0.25) is 0 Å². The van der Waals surface area contributed by atoms with Gasteiger partial charge in [0.05, 0.1) is 0 Å². The molecule has 1 N–H and O–H groups in total. The van der Waals surface area contributed by atoms with E-state index in [9.17, 15) is 0 Å². The van der Waals surface area contributed by atoms with Gasteiger partial charge in [0.15, 0.2) is 0 Å². The zero-order chi connectivity index (χ0) is 14.7. The molecular weight excluding hydrogens is 254 g/mol. The first kappa shape index (κ1) is 13.8. The smallest absolute Gasteiger partial charge is 0.0208 e. The summed E-state index contributed by atoms with van der Waals surface area (Å²) in [4.78, 5) is 0. The summed E-state index contributed by atoms with van der Waals surface area (Å²) in [5.41, 5.74) is 4.00. The fourth-order valence-electron chi connectivity index (χ4n) is 5.08. The highest BCUT2D eigenvalue weighted by molar-refractivity contribution is 5.28. The zero-order valence-corrected chi connectivity index (χ0v) is 13.8. The van der Waals surface area contributed by atoms with Gasteiger partial charge in [0.25, 0.3) is 0 Å². The molecule has 21 heavy (non-hydrogen) atoms. The highest BCUT2D eigenvalue weighted by Crippen LogP contribution is 2.65. The molecule has 0 aliphatic heterocycles. The van der Waals surface area contributed by atoms with Gasteiger partial charge >= 0.3 is 0 Å². The van der Waals surface area contributed by atoms with Gasteiger partial charge in [-0.25, -0.2) is 0 Å². The summed E-state index contributed by atoms with van der Waals surface area (Å²) in [6.07, 6.45) is 7.02. The second-order valence-corrected chi connectivity index (χ2v) is 8.56. The van der Waals surface area contributed by atoms with E-state index in [-0.39, 0.29) is 0 Å². The fraction of sp³-hybridized carbons (Fsp3) is 0.700. The van der Waals surface area contributed by atoms with Crippen LogP contribution in [-0.2, 0) is 6.54 Å². The van der Waals surface area contributed by atoms with Gasteiger partial charge in [0, 0.05) is 12.6 Å². The molecule has 4 rings (SSSR count). The summed E-state index contributed by atoms with van der Waals surface area (Å²) in [5, 5.41) is 3.89. The van der Waals surface area contributed by atoms with E-state index in [0.717, 1.165) is 18.4 Å². The highest BCUT2D eigenvalue weighted by Gasteiger charge is 2.60. The molecule has 0 aromatic heterocycles. The lowest BCUT2D eigenvalue weighted by molar-refractivity contribution is 0.120. The van der Waals surface area contributed by atoms with Crippen LogP contribution in [-0.4, -0.2) is 6.04 Å². The summed E-state index contributed by atoms with van der Waals surface area (Å²) in [6.45, 7) is 8.55. The molecule has 0 radical (unpaired) electrons. The molecule has 1 aromatic carbocycles. The van der Waals surface area contributed by atoms with Gasteiger partial charge in [-0.05, 0) is 65.9 Å². The third-order valence-corrected chi connectivity index (χ3v) is 7.38. The molecule has 3 fully saturated rings. The summed E-state index contributed by atoms with van der Waals surface area (Å²) in [6, 6.07) is 10.1. The van der Waals surface area contributed by atoms with Crippen molar-refractivity contribution in [2.75, 3.05) is 0 Å². The van der Waals surface area contributed by atoms with Crippen LogP contribution in [0.2, 0.25) is 0 Å². The van der Waals surface area contributed by atoms with E-state index in [1.165, 1.54) is 37.7 Å². The average molecular weight is 283 g/mol. The molecule has 1 heteroatoms. The molecule has 0 amide bonds. The molecule has 0 heterocycles. The number of fused-ring (bicyclic) bond motifs is 2. The number of benzene rings is 1. The van der Waals surface area contributed by atoms with Gasteiger partial charge in [-0.3, -0.25) is 0 Å². The Hall–Kier alpha value is -0.820. The van der Waals surface area contributed by atoms with Crippen molar-refractivity contribution < 1.29 is 0 Å².